The number of hydrogen-bond donors (Lipinski definition) is 1. The summed E-state index contributed by atoms with van der Waals surface area (Å²) in [6.45, 7) is 0. The molecule has 1 aliphatic carbocycles. The predicted octanol–water partition coefficient (Wildman–Crippen LogP) is -0.0120. The van der Waals surface area contributed by atoms with Gasteiger partial charge in [-0.3, -0.25) is 4.79 Å². The first-order valence-corrected chi connectivity index (χ1v) is 4.15. The summed E-state index contributed by atoms with van der Waals surface area (Å²) in [6, 6.07) is 0.104. The molecule has 0 aromatic heterocycles. The van der Waals surface area contributed by atoms with Crippen LogP contribution in [-0.2, 0) is 4.79 Å². The molecule has 3 atom stereocenters. The van der Waals surface area contributed by atoms with Gasteiger partial charge in [0.2, 0.25) is 5.91 Å². The highest BCUT2D eigenvalue weighted by Gasteiger charge is 2.43. The van der Waals surface area contributed by atoms with Crippen molar-refractivity contribution in [1.29, 1.82) is 0 Å². The SMILES string of the molecule is CN1C(=O)C2CCC1C(O)C2. The molecule has 3 rings (SSSR count). The van der Waals surface area contributed by atoms with Gasteiger partial charge in [0.25, 0.3) is 0 Å². The Hall–Kier alpha value is -0.570. The van der Waals surface area contributed by atoms with Gasteiger partial charge >= 0.3 is 0 Å². The van der Waals surface area contributed by atoms with Gasteiger partial charge in [0.1, 0.15) is 0 Å². The number of carbonyl (C=O) groups is 1. The molecule has 1 amide bonds. The molecule has 1 N–H and O–H groups in total. The molecule has 11 heavy (non-hydrogen) atoms. The van der Waals surface area contributed by atoms with Crippen molar-refractivity contribution in [3.63, 3.8) is 0 Å². The minimum atomic E-state index is -0.267. The minimum Gasteiger partial charge on any atom is -0.391 e. The third-order valence-corrected chi connectivity index (χ3v) is 2.98. The fourth-order valence-corrected chi connectivity index (χ4v) is 2.26. The second-order valence-corrected chi connectivity index (χ2v) is 3.59. The lowest BCUT2D eigenvalue weighted by atomic mass is 9.78. The van der Waals surface area contributed by atoms with Crippen molar-refractivity contribution in [3.05, 3.63) is 0 Å². The van der Waals surface area contributed by atoms with E-state index >= 15 is 0 Å². The zero-order valence-corrected chi connectivity index (χ0v) is 6.66. The van der Waals surface area contributed by atoms with Crippen molar-refractivity contribution in [2.24, 2.45) is 5.92 Å². The van der Waals surface area contributed by atoms with Crippen molar-refractivity contribution in [3.8, 4) is 0 Å². The van der Waals surface area contributed by atoms with Crippen LogP contribution in [-0.4, -0.2) is 35.1 Å². The Morgan fingerprint density at radius 2 is 2.27 bits per heavy atom. The Bertz CT molecular complexity index is 189. The summed E-state index contributed by atoms with van der Waals surface area (Å²) in [6.07, 6.45) is 2.38. The molecule has 3 nitrogen and oxygen atoms in total. The number of fused-ring (bicyclic) bond motifs is 3. The summed E-state index contributed by atoms with van der Waals surface area (Å²) < 4.78 is 0. The molecule has 3 aliphatic rings. The lowest BCUT2D eigenvalue weighted by molar-refractivity contribution is -0.153. The number of carbonyl (C=O) groups excluding carboxylic acids is 1. The standard InChI is InChI=1S/C8H13NO2/c1-9-6-3-2-5(8(9)11)4-7(6)10/h5-7,10H,2-4H2,1H3. The van der Waals surface area contributed by atoms with E-state index in [0.717, 1.165) is 12.8 Å². The third-order valence-electron chi connectivity index (χ3n) is 2.98. The van der Waals surface area contributed by atoms with Crippen molar-refractivity contribution >= 4 is 5.91 Å². The van der Waals surface area contributed by atoms with Gasteiger partial charge in [-0.05, 0) is 19.3 Å². The Kier molecular flexibility index (Phi) is 1.42. The second kappa shape index (κ2) is 2.21. The van der Waals surface area contributed by atoms with Crippen LogP contribution in [0.5, 0.6) is 0 Å². The molecule has 2 saturated heterocycles. The topological polar surface area (TPSA) is 40.5 Å². The van der Waals surface area contributed by atoms with Crippen molar-refractivity contribution in [2.75, 3.05) is 7.05 Å². The average molecular weight is 155 g/mol. The maximum absolute atomic E-state index is 11.3. The van der Waals surface area contributed by atoms with Crippen molar-refractivity contribution in [2.45, 2.75) is 31.4 Å². The van der Waals surface area contributed by atoms with Gasteiger partial charge in [-0.15, -0.1) is 0 Å². The van der Waals surface area contributed by atoms with Gasteiger partial charge in [-0.2, -0.15) is 0 Å². The maximum atomic E-state index is 11.3. The number of amides is 1. The van der Waals surface area contributed by atoms with Gasteiger partial charge < -0.3 is 10.0 Å². The molecule has 0 aromatic carbocycles. The molecule has 0 aromatic rings. The van der Waals surface area contributed by atoms with Crippen molar-refractivity contribution < 1.29 is 9.90 Å². The second-order valence-electron chi connectivity index (χ2n) is 3.59. The van der Waals surface area contributed by atoms with E-state index in [-0.39, 0.29) is 24.0 Å². The number of aliphatic hydroxyl groups excluding tert-OH is 1. The Balaban J connectivity index is 2.23. The fourth-order valence-electron chi connectivity index (χ4n) is 2.26. The Morgan fingerprint density at radius 3 is 2.73 bits per heavy atom. The highest BCUT2D eigenvalue weighted by atomic mass is 16.3. The molecule has 1 saturated carbocycles. The predicted molar refractivity (Wildman–Crippen MR) is 39.9 cm³/mol. The Labute approximate surface area is 66.0 Å². The molecule has 62 valence electrons. The Morgan fingerprint density at radius 1 is 1.55 bits per heavy atom. The summed E-state index contributed by atoms with van der Waals surface area (Å²) >= 11 is 0. The van der Waals surface area contributed by atoms with Crippen LogP contribution in [0.25, 0.3) is 0 Å². The maximum Gasteiger partial charge on any atom is 0.225 e. The largest absolute Gasteiger partial charge is 0.391 e. The van der Waals surface area contributed by atoms with Gasteiger partial charge in [-0.1, -0.05) is 0 Å². The van der Waals surface area contributed by atoms with Crippen LogP contribution < -0.4 is 0 Å². The van der Waals surface area contributed by atoms with Gasteiger partial charge in [0, 0.05) is 13.0 Å². The van der Waals surface area contributed by atoms with E-state index in [1.165, 1.54) is 0 Å². The van der Waals surface area contributed by atoms with Crippen LogP contribution in [0.4, 0.5) is 0 Å². The lowest BCUT2D eigenvalue weighted by Crippen LogP contribution is -2.57. The molecule has 0 radical (unpaired) electrons. The number of nitrogens with zero attached hydrogens (tertiary/aromatic N) is 1. The molecule has 3 fully saturated rings. The molecule has 2 aliphatic heterocycles. The molecular formula is C8H13NO2. The van der Waals surface area contributed by atoms with Crippen molar-refractivity contribution in [1.82, 2.24) is 4.90 Å². The molecular weight excluding hydrogens is 142 g/mol. The van der Waals surface area contributed by atoms with Crippen LogP contribution in [0.15, 0.2) is 0 Å². The van der Waals surface area contributed by atoms with Crippen LogP contribution in [0, 0.1) is 5.92 Å². The summed E-state index contributed by atoms with van der Waals surface area (Å²) in [5.41, 5.74) is 0. The third kappa shape index (κ3) is 0.872. The minimum absolute atomic E-state index is 0.104. The highest BCUT2D eigenvalue weighted by Crippen LogP contribution is 2.34. The molecule has 3 unspecified atom stereocenters. The summed E-state index contributed by atoms with van der Waals surface area (Å²) in [7, 11) is 1.79. The van der Waals surface area contributed by atoms with Gasteiger partial charge in [0.15, 0.2) is 0 Å². The number of likely N-dealkylation sites (N-methyl/N-ethyl adjacent to an activating group) is 1. The van der Waals surface area contributed by atoms with E-state index < -0.39 is 0 Å². The molecule has 2 bridgehead atoms. The van der Waals surface area contributed by atoms with Gasteiger partial charge in [0.05, 0.1) is 12.1 Å². The smallest absolute Gasteiger partial charge is 0.225 e. The van der Waals surface area contributed by atoms with E-state index in [1.807, 2.05) is 0 Å². The number of hydrogen-bond acceptors (Lipinski definition) is 2. The lowest BCUT2D eigenvalue weighted by Gasteiger charge is -2.45. The monoisotopic (exact) mass is 155 g/mol. The summed E-state index contributed by atoms with van der Waals surface area (Å²) in [4.78, 5) is 13.1. The van der Waals surface area contributed by atoms with Gasteiger partial charge in [-0.25, -0.2) is 0 Å². The first kappa shape index (κ1) is 7.10. The molecule has 2 heterocycles. The molecule has 3 heteroatoms. The number of piperidine rings is 2. The number of aliphatic hydroxyl groups is 1. The fraction of sp³-hybridized carbons (Fsp3) is 0.875. The zero-order chi connectivity index (χ0) is 8.01. The van der Waals surface area contributed by atoms with E-state index in [4.69, 9.17) is 0 Å². The normalized spacial score (nSPS) is 43.3. The van der Waals surface area contributed by atoms with Crippen LogP contribution in [0.2, 0.25) is 0 Å². The van der Waals surface area contributed by atoms with Crippen LogP contribution in [0.3, 0.4) is 0 Å². The highest BCUT2D eigenvalue weighted by molar-refractivity contribution is 5.80. The average Bonchev–Trinajstić information content (AvgIpc) is 1.99. The first-order valence-electron chi connectivity index (χ1n) is 4.15. The van der Waals surface area contributed by atoms with Crippen LogP contribution >= 0.6 is 0 Å². The van der Waals surface area contributed by atoms with E-state index in [0.29, 0.717) is 6.42 Å². The first-order chi connectivity index (χ1) is 5.20. The molecule has 0 spiro atoms. The zero-order valence-electron chi connectivity index (χ0n) is 6.66. The van der Waals surface area contributed by atoms with Crippen LogP contribution in [0.1, 0.15) is 19.3 Å². The summed E-state index contributed by atoms with van der Waals surface area (Å²) in [5, 5.41) is 9.49. The van der Waals surface area contributed by atoms with E-state index in [1.54, 1.807) is 11.9 Å². The number of rotatable bonds is 0. The van der Waals surface area contributed by atoms with E-state index in [9.17, 15) is 9.90 Å². The summed E-state index contributed by atoms with van der Waals surface area (Å²) in [5.74, 6) is 0.339. The quantitative estimate of drug-likeness (QED) is 0.534. The van der Waals surface area contributed by atoms with E-state index in [2.05, 4.69) is 0 Å².